The molecule has 0 aromatic rings. The second kappa shape index (κ2) is 60.6. The topological polar surface area (TPSA) is 78.9 Å². The number of hydrogen-bond donors (Lipinski definition) is 0. The van der Waals surface area contributed by atoms with Crippen molar-refractivity contribution in [2.24, 2.45) is 0 Å². The van der Waals surface area contributed by atoms with Gasteiger partial charge in [0.15, 0.2) is 6.10 Å². The van der Waals surface area contributed by atoms with E-state index in [1.54, 1.807) is 0 Å². The molecule has 0 amide bonds. The SMILES string of the molecule is CC/C=C\C/C=C\C/C=C\C/C=C\C/C=C\C/C=C\C/C=C\C/C=C\CCCCC(=O)OCC(COC(=O)CCCCCCCCCCCC)OC(=O)CCCCC/C=C\C/C=C\C/C=C\C/C=C\C/C=C\CC. The number of carbonyl (C=O) groups is 3. The lowest BCUT2D eigenvalue weighted by atomic mass is 10.1. The predicted octanol–water partition coefficient (Wildman–Crippen LogP) is 20.1. The third kappa shape index (κ3) is 57.9. The Labute approximate surface area is 454 Å². The molecule has 0 aliphatic heterocycles. The van der Waals surface area contributed by atoms with Crippen LogP contribution < -0.4 is 0 Å². The van der Waals surface area contributed by atoms with Gasteiger partial charge in [-0.25, -0.2) is 0 Å². The monoisotopic (exact) mass is 1020 g/mol. The molecule has 0 fully saturated rings. The van der Waals surface area contributed by atoms with Crippen LogP contribution in [0.3, 0.4) is 0 Å². The van der Waals surface area contributed by atoms with Crippen LogP contribution in [0.25, 0.3) is 0 Å². The molecule has 0 N–H and O–H groups in total. The van der Waals surface area contributed by atoms with E-state index in [0.29, 0.717) is 19.3 Å². The molecular weight excluding hydrogens is 913 g/mol. The summed E-state index contributed by atoms with van der Waals surface area (Å²) >= 11 is 0. The highest BCUT2D eigenvalue weighted by molar-refractivity contribution is 5.71. The molecule has 0 heterocycles. The largest absolute Gasteiger partial charge is 0.462 e. The van der Waals surface area contributed by atoms with Gasteiger partial charge in [-0.05, 0) is 128 Å². The molecule has 0 radical (unpaired) electrons. The Hall–Kier alpha value is -4.97. The van der Waals surface area contributed by atoms with Crippen LogP contribution in [0.4, 0.5) is 0 Å². The molecule has 0 saturated carbocycles. The average molecular weight is 1020 g/mol. The van der Waals surface area contributed by atoms with Gasteiger partial charge in [-0.1, -0.05) is 243 Å². The fourth-order valence-electron chi connectivity index (χ4n) is 7.42. The van der Waals surface area contributed by atoms with E-state index in [4.69, 9.17) is 14.2 Å². The summed E-state index contributed by atoms with van der Waals surface area (Å²) in [4.78, 5) is 38.1. The van der Waals surface area contributed by atoms with Gasteiger partial charge >= 0.3 is 17.9 Å². The highest BCUT2D eigenvalue weighted by atomic mass is 16.6. The summed E-state index contributed by atoms with van der Waals surface area (Å²) in [6, 6.07) is 0. The van der Waals surface area contributed by atoms with Gasteiger partial charge in [-0.3, -0.25) is 14.4 Å². The van der Waals surface area contributed by atoms with Crippen LogP contribution in [0.1, 0.15) is 233 Å². The van der Waals surface area contributed by atoms with Crippen molar-refractivity contribution in [2.45, 2.75) is 239 Å². The first-order valence-corrected chi connectivity index (χ1v) is 29.5. The van der Waals surface area contributed by atoms with Gasteiger partial charge in [0.2, 0.25) is 0 Å². The van der Waals surface area contributed by atoms with E-state index in [-0.39, 0.29) is 44.0 Å². The maximum absolute atomic E-state index is 12.8. The molecule has 1 unspecified atom stereocenters. The standard InChI is InChI=1S/C68H106O6/c1-4-7-10-13-16-19-22-24-26-28-30-31-32-33-34-35-36-37-39-40-42-44-46-49-52-55-58-61-67(70)73-64-65(63-72-66(69)60-57-54-51-48-21-18-15-12-9-6-3)74-68(71)62-59-56-53-50-47-45-43-41-38-29-27-25-23-20-17-14-11-8-5-2/h7-8,10-11,16-17,19-20,24-27,30-31,33-34,36-38,40-42,45-47,49,65H,4-6,9,12-15,18,21-23,28-29,32,35,39,43-44,48,50-64H2,1-3H3/b10-7-,11-8-,19-16-,20-17-,26-24-,27-25-,31-30-,34-33-,37-36-,41-38-,42-40-,47-45-,49-46-. The van der Waals surface area contributed by atoms with E-state index in [9.17, 15) is 14.4 Å². The van der Waals surface area contributed by atoms with E-state index in [2.05, 4.69) is 179 Å². The van der Waals surface area contributed by atoms with Crippen molar-refractivity contribution >= 4 is 17.9 Å². The molecule has 0 rings (SSSR count). The average Bonchev–Trinajstić information content (AvgIpc) is 3.40. The smallest absolute Gasteiger partial charge is 0.306 e. The van der Waals surface area contributed by atoms with Crippen molar-refractivity contribution in [3.63, 3.8) is 0 Å². The first-order valence-electron chi connectivity index (χ1n) is 29.5. The lowest BCUT2D eigenvalue weighted by Crippen LogP contribution is -2.30. The number of unbranched alkanes of at least 4 members (excludes halogenated alkanes) is 14. The summed E-state index contributed by atoms with van der Waals surface area (Å²) in [6.07, 6.45) is 88.1. The number of rotatable bonds is 51. The maximum atomic E-state index is 12.8. The van der Waals surface area contributed by atoms with Gasteiger partial charge in [0.05, 0.1) is 0 Å². The predicted molar refractivity (Wildman–Crippen MR) is 320 cm³/mol. The molecule has 414 valence electrons. The van der Waals surface area contributed by atoms with Crippen LogP contribution in [0.2, 0.25) is 0 Å². The lowest BCUT2D eigenvalue weighted by molar-refractivity contribution is -0.167. The third-order valence-corrected chi connectivity index (χ3v) is 11.8. The highest BCUT2D eigenvalue weighted by Gasteiger charge is 2.19. The van der Waals surface area contributed by atoms with Crippen molar-refractivity contribution in [3.8, 4) is 0 Å². The summed E-state index contributed by atoms with van der Waals surface area (Å²) in [7, 11) is 0. The maximum Gasteiger partial charge on any atom is 0.306 e. The Morgan fingerprint density at radius 1 is 0.284 bits per heavy atom. The lowest BCUT2D eigenvalue weighted by Gasteiger charge is -2.18. The number of allylic oxidation sites excluding steroid dienone is 26. The van der Waals surface area contributed by atoms with Gasteiger partial charge in [-0.2, -0.15) is 0 Å². The normalized spacial score (nSPS) is 13.3. The Morgan fingerprint density at radius 3 is 0.851 bits per heavy atom. The van der Waals surface area contributed by atoms with Crippen LogP contribution in [0, 0.1) is 0 Å². The number of hydrogen-bond acceptors (Lipinski definition) is 6. The molecule has 0 aromatic carbocycles. The van der Waals surface area contributed by atoms with Gasteiger partial charge in [0.25, 0.3) is 0 Å². The minimum Gasteiger partial charge on any atom is -0.462 e. The molecule has 0 saturated heterocycles. The van der Waals surface area contributed by atoms with Crippen LogP contribution in [-0.2, 0) is 28.6 Å². The van der Waals surface area contributed by atoms with E-state index in [1.807, 2.05) is 0 Å². The molecule has 0 aliphatic carbocycles. The Balaban J connectivity index is 4.46. The number of ether oxygens (including phenoxy) is 3. The summed E-state index contributed by atoms with van der Waals surface area (Å²) in [6.45, 7) is 6.32. The summed E-state index contributed by atoms with van der Waals surface area (Å²) in [5.41, 5.74) is 0. The second-order valence-corrected chi connectivity index (χ2v) is 18.8. The van der Waals surface area contributed by atoms with E-state index in [0.717, 1.165) is 135 Å². The van der Waals surface area contributed by atoms with Crippen molar-refractivity contribution < 1.29 is 28.6 Å². The summed E-state index contributed by atoms with van der Waals surface area (Å²) < 4.78 is 16.8. The van der Waals surface area contributed by atoms with Crippen molar-refractivity contribution in [2.75, 3.05) is 13.2 Å². The fraction of sp³-hybridized carbons (Fsp3) is 0.574. The second-order valence-electron chi connectivity index (χ2n) is 18.8. The number of esters is 3. The minimum absolute atomic E-state index is 0.111. The molecule has 6 nitrogen and oxygen atoms in total. The van der Waals surface area contributed by atoms with E-state index < -0.39 is 6.10 Å². The van der Waals surface area contributed by atoms with Crippen LogP contribution >= 0.6 is 0 Å². The van der Waals surface area contributed by atoms with Crippen molar-refractivity contribution in [1.29, 1.82) is 0 Å². The van der Waals surface area contributed by atoms with Gasteiger partial charge in [-0.15, -0.1) is 0 Å². The summed E-state index contributed by atoms with van der Waals surface area (Å²) in [5, 5.41) is 0. The zero-order valence-corrected chi connectivity index (χ0v) is 47.3. The van der Waals surface area contributed by atoms with Crippen LogP contribution in [0.5, 0.6) is 0 Å². The molecular formula is C68H106O6. The third-order valence-electron chi connectivity index (χ3n) is 11.8. The van der Waals surface area contributed by atoms with Gasteiger partial charge in [0, 0.05) is 19.3 Å². The van der Waals surface area contributed by atoms with E-state index >= 15 is 0 Å². The molecule has 6 heteroatoms. The fourth-order valence-corrected chi connectivity index (χ4v) is 7.42. The molecule has 0 aromatic heterocycles. The Bertz CT molecular complexity index is 1690. The molecule has 0 aliphatic rings. The first kappa shape index (κ1) is 69.0. The molecule has 0 bridgehead atoms. The van der Waals surface area contributed by atoms with Crippen LogP contribution in [0.15, 0.2) is 158 Å². The first-order chi connectivity index (χ1) is 36.5. The molecule has 0 spiro atoms. The zero-order valence-electron chi connectivity index (χ0n) is 47.3. The van der Waals surface area contributed by atoms with Gasteiger partial charge in [0.1, 0.15) is 13.2 Å². The quantitative estimate of drug-likeness (QED) is 0.0261. The van der Waals surface area contributed by atoms with Crippen molar-refractivity contribution in [3.05, 3.63) is 158 Å². The van der Waals surface area contributed by atoms with Crippen molar-refractivity contribution in [1.82, 2.24) is 0 Å². The van der Waals surface area contributed by atoms with Gasteiger partial charge < -0.3 is 14.2 Å². The highest BCUT2D eigenvalue weighted by Crippen LogP contribution is 2.13. The van der Waals surface area contributed by atoms with E-state index in [1.165, 1.54) is 44.9 Å². The van der Waals surface area contributed by atoms with Crippen LogP contribution in [-0.4, -0.2) is 37.2 Å². The minimum atomic E-state index is -0.820. The Morgan fingerprint density at radius 2 is 0.527 bits per heavy atom. The number of carbonyl (C=O) groups excluding carboxylic acids is 3. The Kier molecular flexibility index (Phi) is 56.5. The molecule has 1 atom stereocenters. The summed E-state index contributed by atoms with van der Waals surface area (Å²) in [5.74, 6) is -0.999. The molecule has 74 heavy (non-hydrogen) atoms. The zero-order chi connectivity index (χ0) is 53.6.